The Morgan fingerprint density at radius 1 is 1.00 bits per heavy atom. The minimum atomic E-state index is -0.0963. The van der Waals surface area contributed by atoms with E-state index in [1.54, 1.807) is 0 Å². The van der Waals surface area contributed by atoms with Gasteiger partial charge in [-0.05, 0) is 63.6 Å². The summed E-state index contributed by atoms with van der Waals surface area (Å²) in [6, 6.07) is 1.17. The molecular weight excluding hydrogens is 236 g/mol. The molecule has 3 atom stereocenters. The molecule has 3 nitrogen and oxygen atoms in total. The molecule has 1 saturated carbocycles. The summed E-state index contributed by atoms with van der Waals surface area (Å²) in [7, 11) is 0. The van der Waals surface area contributed by atoms with Crippen LogP contribution in [0.25, 0.3) is 0 Å². The Morgan fingerprint density at radius 3 is 2.58 bits per heavy atom. The highest BCUT2D eigenvalue weighted by Crippen LogP contribution is 2.38. The molecule has 3 unspecified atom stereocenters. The van der Waals surface area contributed by atoms with E-state index in [9.17, 15) is 5.11 Å². The predicted octanol–water partition coefficient (Wildman–Crippen LogP) is 2.10. The molecule has 1 N–H and O–H groups in total. The van der Waals surface area contributed by atoms with Gasteiger partial charge in [-0.15, -0.1) is 0 Å². The van der Waals surface area contributed by atoms with E-state index < -0.39 is 0 Å². The SMILES string of the molecule is CC1(C)CCC(O)C(N2CCCN3CCCC3C2)C1. The molecule has 1 aliphatic carbocycles. The molecule has 3 aliphatic rings. The number of aliphatic hydroxyl groups excluding tert-OH is 1. The fourth-order valence-corrected chi connectivity index (χ4v) is 4.44. The smallest absolute Gasteiger partial charge is 0.0695 e. The lowest BCUT2D eigenvalue weighted by Crippen LogP contribution is -2.51. The van der Waals surface area contributed by atoms with Gasteiger partial charge >= 0.3 is 0 Å². The summed E-state index contributed by atoms with van der Waals surface area (Å²) < 4.78 is 0. The molecule has 3 rings (SSSR count). The Labute approximate surface area is 118 Å². The molecule has 0 aromatic heterocycles. The molecule has 0 aromatic rings. The molecule has 0 bridgehead atoms. The van der Waals surface area contributed by atoms with E-state index in [1.165, 1.54) is 58.3 Å². The van der Waals surface area contributed by atoms with Crippen LogP contribution >= 0.6 is 0 Å². The zero-order valence-corrected chi connectivity index (χ0v) is 12.6. The second-order valence-electron chi connectivity index (χ2n) is 7.72. The zero-order valence-electron chi connectivity index (χ0n) is 12.6. The molecule has 0 aromatic carbocycles. The van der Waals surface area contributed by atoms with E-state index in [0.29, 0.717) is 11.5 Å². The summed E-state index contributed by atoms with van der Waals surface area (Å²) >= 11 is 0. The Balaban J connectivity index is 1.69. The Hall–Kier alpha value is -0.120. The van der Waals surface area contributed by atoms with E-state index in [2.05, 4.69) is 23.6 Å². The van der Waals surface area contributed by atoms with E-state index >= 15 is 0 Å². The van der Waals surface area contributed by atoms with Gasteiger partial charge in [0, 0.05) is 18.6 Å². The van der Waals surface area contributed by atoms with Crippen molar-refractivity contribution in [3.05, 3.63) is 0 Å². The minimum absolute atomic E-state index is 0.0963. The Bertz CT molecular complexity index is 318. The number of fused-ring (bicyclic) bond motifs is 1. The van der Waals surface area contributed by atoms with Crippen LogP contribution in [0.3, 0.4) is 0 Å². The van der Waals surface area contributed by atoms with Gasteiger partial charge in [0.15, 0.2) is 0 Å². The number of hydrogen-bond acceptors (Lipinski definition) is 3. The first kappa shape index (κ1) is 13.8. The second kappa shape index (κ2) is 5.34. The molecule has 3 heteroatoms. The average molecular weight is 266 g/mol. The molecular formula is C16H30N2O. The van der Waals surface area contributed by atoms with Crippen molar-refractivity contribution in [2.45, 2.75) is 70.6 Å². The van der Waals surface area contributed by atoms with Gasteiger partial charge in [0.2, 0.25) is 0 Å². The molecule has 3 fully saturated rings. The lowest BCUT2D eigenvalue weighted by molar-refractivity contribution is -0.0190. The van der Waals surface area contributed by atoms with Gasteiger partial charge in [-0.25, -0.2) is 0 Å². The van der Waals surface area contributed by atoms with Gasteiger partial charge in [0.25, 0.3) is 0 Å². The van der Waals surface area contributed by atoms with Crippen LogP contribution in [-0.2, 0) is 0 Å². The first-order chi connectivity index (χ1) is 9.05. The van der Waals surface area contributed by atoms with E-state index in [1.807, 2.05) is 0 Å². The van der Waals surface area contributed by atoms with Crippen LogP contribution in [0.5, 0.6) is 0 Å². The van der Waals surface area contributed by atoms with Gasteiger partial charge in [-0.1, -0.05) is 13.8 Å². The van der Waals surface area contributed by atoms with Crippen LogP contribution in [0.15, 0.2) is 0 Å². The van der Waals surface area contributed by atoms with Crippen LogP contribution in [0.2, 0.25) is 0 Å². The Kier molecular flexibility index (Phi) is 3.89. The first-order valence-corrected chi connectivity index (χ1v) is 8.21. The van der Waals surface area contributed by atoms with Crippen molar-refractivity contribution in [1.82, 2.24) is 9.80 Å². The number of nitrogens with zero attached hydrogens (tertiary/aromatic N) is 2. The molecule has 2 aliphatic heterocycles. The third-order valence-electron chi connectivity index (χ3n) is 5.63. The largest absolute Gasteiger partial charge is 0.391 e. The van der Waals surface area contributed by atoms with Crippen molar-refractivity contribution in [2.24, 2.45) is 5.41 Å². The molecule has 110 valence electrons. The fraction of sp³-hybridized carbons (Fsp3) is 1.00. The monoisotopic (exact) mass is 266 g/mol. The third kappa shape index (κ3) is 2.98. The summed E-state index contributed by atoms with van der Waals surface area (Å²) in [5, 5.41) is 10.4. The summed E-state index contributed by atoms with van der Waals surface area (Å²) in [6.45, 7) is 9.68. The number of hydrogen-bond donors (Lipinski definition) is 1. The maximum atomic E-state index is 10.4. The molecule has 2 heterocycles. The third-order valence-corrected chi connectivity index (χ3v) is 5.63. The quantitative estimate of drug-likeness (QED) is 0.787. The number of aliphatic hydroxyl groups is 1. The van der Waals surface area contributed by atoms with Gasteiger partial charge in [-0.2, -0.15) is 0 Å². The maximum Gasteiger partial charge on any atom is 0.0695 e. The summed E-state index contributed by atoms with van der Waals surface area (Å²) in [6.07, 6.45) is 7.25. The van der Waals surface area contributed by atoms with E-state index in [4.69, 9.17) is 0 Å². The van der Waals surface area contributed by atoms with Crippen LogP contribution < -0.4 is 0 Å². The van der Waals surface area contributed by atoms with Crippen molar-refractivity contribution in [3.63, 3.8) is 0 Å². The topological polar surface area (TPSA) is 26.7 Å². The van der Waals surface area contributed by atoms with Crippen molar-refractivity contribution >= 4 is 0 Å². The highest BCUT2D eigenvalue weighted by Gasteiger charge is 2.39. The normalized spacial score (nSPS) is 40.9. The molecule has 0 radical (unpaired) electrons. The summed E-state index contributed by atoms with van der Waals surface area (Å²) in [4.78, 5) is 5.31. The summed E-state index contributed by atoms with van der Waals surface area (Å²) in [5.41, 5.74) is 0.408. The van der Waals surface area contributed by atoms with Crippen LogP contribution in [0, 0.1) is 5.41 Å². The minimum Gasteiger partial charge on any atom is -0.391 e. The van der Waals surface area contributed by atoms with E-state index in [0.717, 1.165) is 12.5 Å². The van der Waals surface area contributed by atoms with Crippen LogP contribution in [0.4, 0.5) is 0 Å². The fourth-order valence-electron chi connectivity index (χ4n) is 4.44. The van der Waals surface area contributed by atoms with Crippen molar-refractivity contribution in [2.75, 3.05) is 26.2 Å². The second-order valence-corrected chi connectivity index (χ2v) is 7.72. The highest BCUT2D eigenvalue weighted by molar-refractivity contribution is 4.94. The zero-order chi connectivity index (χ0) is 13.5. The molecule has 19 heavy (non-hydrogen) atoms. The van der Waals surface area contributed by atoms with Gasteiger partial charge in [0.05, 0.1) is 6.10 Å². The molecule has 2 saturated heterocycles. The van der Waals surface area contributed by atoms with Crippen LogP contribution in [0.1, 0.15) is 52.4 Å². The maximum absolute atomic E-state index is 10.4. The van der Waals surface area contributed by atoms with Gasteiger partial charge in [0.1, 0.15) is 0 Å². The Morgan fingerprint density at radius 2 is 1.74 bits per heavy atom. The van der Waals surface area contributed by atoms with Crippen molar-refractivity contribution < 1.29 is 5.11 Å². The average Bonchev–Trinajstić information content (AvgIpc) is 2.70. The highest BCUT2D eigenvalue weighted by atomic mass is 16.3. The predicted molar refractivity (Wildman–Crippen MR) is 78.2 cm³/mol. The van der Waals surface area contributed by atoms with Crippen molar-refractivity contribution in [1.29, 1.82) is 0 Å². The van der Waals surface area contributed by atoms with Gasteiger partial charge < -0.3 is 5.11 Å². The molecule has 0 amide bonds. The first-order valence-electron chi connectivity index (χ1n) is 8.21. The lowest BCUT2D eigenvalue weighted by atomic mass is 9.73. The van der Waals surface area contributed by atoms with E-state index in [-0.39, 0.29) is 6.10 Å². The number of rotatable bonds is 1. The lowest BCUT2D eigenvalue weighted by Gasteiger charge is -2.44. The molecule has 0 spiro atoms. The van der Waals surface area contributed by atoms with Crippen LogP contribution in [-0.4, -0.2) is 59.3 Å². The standard InChI is InChI=1S/C16H30N2O/c1-16(2)7-6-15(19)14(11-16)18-10-4-9-17-8-3-5-13(17)12-18/h13-15,19H,3-12H2,1-2H3. The summed E-state index contributed by atoms with van der Waals surface area (Å²) in [5.74, 6) is 0. The van der Waals surface area contributed by atoms with Gasteiger partial charge in [-0.3, -0.25) is 9.80 Å². The van der Waals surface area contributed by atoms with Crippen molar-refractivity contribution in [3.8, 4) is 0 Å².